The van der Waals surface area contributed by atoms with E-state index in [2.05, 4.69) is 45.5 Å². The molecule has 3 atom stereocenters. The first-order valence-electron chi connectivity index (χ1n) is 9.25. The number of nitrogens with zero attached hydrogens (tertiary/aromatic N) is 3. The number of piperidine rings is 1. The lowest BCUT2D eigenvalue weighted by Crippen LogP contribution is -2.76. The lowest BCUT2D eigenvalue weighted by molar-refractivity contribution is -0.270. The SMILES string of the molecule is N#CC1(N2CCC3OC2C3N2CNc3ccccc32)CCCCC1. The number of ether oxygens (including phenoxy) is 1. The number of nitriles is 1. The van der Waals surface area contributed by atoms with Crippen LogP contribution in [0.2, 0.25) is 0 Å². The lowest BCUT2D eigenvalue weighted by atomic mass is 9.78. The number of para-hydroxylation sites is 2. The highest BCUT2D eigenvalue weighted by molar-refractivity contribution is 5.75. The van der Waals surface area contributed by atoms with Crippen molar-refractivity contribution in [2.45, 2.75) is 62.4 Å². The van der Waals surface area contributed by atoms with Gasteiger partial charge in [0, 0.05) is 6.54 Å². The van der Waals surface area contributed by atoms with E-state index in [1.54, 1.807) is 0 Å². The molecule has 0 spiro atoms. The molecule has 3 saturated heterocycles. The fourth-order valence-corrected chi connectivity index (χ4v) is 5.13. The maximum Gasteiger partial charge on any atom is 0.135 e. The van der Waals surface area contributed by atoms with Crippen molar-refractivity contribution in [3.8, 4) is 6.07 Å². The van der Waals surface area contributed by atoms with Crippen LogP contribution in [0.3, 0.4) is 0 Å². The maximum absolute atomic E-state index is 9.97. The van der Waals surface area contributed by atoms with Gasteiger partial charge >= 0.3 is 0 Å². The molecule has 5 nitrogen and oxygen atoms in total. The van der Waals surface area contributed by atoms with Crippen molar-refractivity contribution in [3.05, 3.63) is 24.3 Å². The second-order valence-electron chi connectivity index (χ2n) is 7.56. The minimum atomic E-state index is -0.306. The highest BCUT2D eigenvalue weighted by Gasteiger charge is 2.58. The fraction of sp³-hybridized carbons (Fsp3) is 0.632. The average molecular weight is 324 g/mol. The first-order chi connectivity index (χ1) is 11.8. The number of hydrogen-bond donors (Lipinski definition) is 1. The summed E-state index contributed by atoms with van der Waals surface area (Å²) in [7, 11) is 0. The van der Waals surface area contributed by atoms with Crippen LogP contribution in [0.4, 0.5) is 11.4 Å². The molecule has 3 unspecified atom stereocenters. The van der Waals surface area contributed by atoms with Gasteiger partial charge in [-0.1, -0.05) is 31.4 Å². The standard InChI is InChI=1S/C19H24N4O/c20-12-19(9-4-1-5-10-19)23-11-8-16-17(18(23)24-16)22-13-21-14-6-2-3-7-15(14)22/h2-3,6-7,16-18,21H,1,4-5,8-11,13H2. The highest BCUT2D eigenvalue weighted by Crippen LogP contribution is 2.47. The molecule has 4 heterocycles. The molecule has 1 N–H and O–H groups in total. The zero-order valence-electron chi connectivity index (χ0n) is 13.9. The van der Waals surface area contributed by atoms with Gasteiger partial charge in [0.1, 0.15) is 11.8 Å². The Kier molecular flexibility index (Phi) is 3.26. The summed E-state index contributed by atoms with van der Waals surface area (Å²) in [6, 6.07) is 11.6. The fourth-order valence-electron chi connectivity index (χ4n) is 5.13. The van der Waals surface area contributed by atoms with E-state index < -0.39 is 0 Å². The predicted molar refractivity (Wildman–Crippen MR) is 92.6 cm³/mol. The molecular weight excluding hydrogens is 300 g/mol. The van der Waals surface area contributed by atoms with E-state index in [9.17, 15) is 5.26 Å². The Hall–Kier alpha value is -1.77. The number of rotatable bonds is 2. The molecule has 2 bridgehead atoms. The summed E-state index contributed by atoms with van der Waals surface area (Å²) in [5.41, 5.74) is 2.18. The van der Waals surface area contributed by atoms with Gasteiger partial charge in [-0.15, -0.1) is 0 Å². The van der Waals surface area contributed by atoms with Gasteiger partial charge in [-0.2, -0.15) is 5.26 Å². The van der Waals surface area contributed by atoms with Crippen LogP contribution in [0.25, 0.3) is 0 Å². The highest BCUT2D eigenvalue weighted by atomic mass is 16.5. The number of hydrogen-bond acceptors (Lipinski definition) is 5. The molecule has 4 fully saturated rings. The maximum atomic E-state index is 9.97. The summed E-state index contributed by atoms with van der Waals surface area (Å²) in [5.74, 6) is 0. The van der Waals surface area contributed by atoms with Crippen molar-refractivity contribution in [1.82, 2.24) is 4.90 Å². The third kappa shape index (κ3) is 1.93. The Morgan fingerprint density at radius 1 is 1.21 bits per heavy atom. The summed E-state index contributed by atoms with van der Waals surface area (Å²) in [6.45, 7) is 1.84. The van der Waals surface area contributed by atoms with Crippen molar-refractivity contribution >= 4 is 11.4 Å². The van der Waals surface area contributed by atoms with Gasteiger partial charge in [0.15, 0.2) is 0 Å². The molecule has 0 aromatic heterocycles. The Balaban J connectivity index is 1.43. The molecule has 24 heavy (non-hydrogen) atoms. The molecular formula is C19H24N4O. The summed E-state index contributed by atoms with van der Waals surface area (Å²) in [5, 5.41) is 13.5. The molecule has 1 saturated carbocycles. The van der Waals surface area contributed by atoms with Crippen LogP contribution in [0.5, 0.6) is 0 Å². The average Bonchev–Trinajstić information content (AvgIpc) is 3.06. The summed E-state index contributed by atoms with van der Waals surface area (Å²) in [6.07, 6.45) is 6.98. The Labute approximate surface area is 143 Å². The van der Waals surface area contributed by atoms with Gasteiger partial charge in [-0.25, -0.2) is 0 Å². The number of anilines is 2. The zero-order chi connectivity index (χ0) is 16.1. The van der Waals surface area contributed by atoms with E-state index in [1.165, 1.54) is 30.6 Å². The Morgan fingerprint density at radius 3 is 2.83 bits per heavy atom. The van der Waals surface area contributed by atoms with Crippen molar-refractivity contribution in [2.24, 2.45) is 0 Å². The monoisotopic (exact) mass is 324 g/mol. The van der Waals surface area contributed by atoms with E-state index in [1.807, 2.05) is 0 Å². The van der Waals surface area contributed by atoms with E-state index in [0.29, 0.717) is 12.1 Å². The molecule has 5 heteroatoms. The van der Waals surface area contributed by atoms with E-state index in [4.69, 9.17) is 4.74 Å². The van der Waals surface area contributed by atoms with Crippen molar-refractivity contribution < 1.29 is 4.74 Å². The summed E-state index contributed by atoms with van der Waals surface area (Å²) in [4.78, 5) is 4.85. The quantitative estimate of drug-likeness (QED) is 0.906. The summed E-state index contributed by atoms with van der Waals surface area (Å²) < 4.78 is 6.21. The lowest BCUT2D eigenvalue weighted by Gasteiger charge is -2.61. The van der Waals surface area contributed by atoms with Crippen LogP contribution in [0, 0.1) is 11.3 Å². The van der Waals surface area contributed by atoms with Crippen LogP contribution < -0.4 is 10.2 Å². The van der Waals surface area contributed by atoms with Crippen LogP contribution in [-0.4, -0.2) is 42.0 Å². The first kappa shape index (κ1) is 14.6. The van der Waals surface area contributed by atoms with Gasteiger partial charge < -0.3 is 15.0 Å². The molecule has 4 aliphatic heterocycles. The zero-order valence-corrected chi connectivity index (χ0v) is 13.9. The van der Waals surface area contributed by atoms with E-state index in [0.717, 1.165) is 32.5 Å². The van der Waals surface area contributed by atoms with Gasteiger partial charge in [0.2, 0.25) is 0 Å². The second kappa shape index (κ2) is 5.37. The molecule has 0 radical (unpaired) electrons. The van der Waals surface area contributed by atoms with Gasteiger partial charge in [-0.05, 0) is 31.4 Å². The normalized spacial score (nSPS) is 34.0. The molecule has 126 valence electrons. The smallest absolute Gasteiger partial charge is 0.135 e. The number of fused-ring (bicyclic) bond motifs is 3. The number of benzene rings is 1. The van der Waals surface area contributed by atoms with Gasteiger partial charge in [0.05, 0.1) is 36.3 Å². The van der Waals surface area contributed by atoms with Crippen molar-refractivity contribution in [3.63, 3.8) is 0 Å². The third-order valence-corrected chi connectivity index (χ3v) is 6.40. The third-order valence-electron chi connectivity index (χ3n) is 6.40. The molecule has 1 aromatic carbocycles. The Morgan fingerprint density at radius 2 is 2.04 bits per heavy atom. The van der Waals surface area contributed by atoms with Gasteiger partial charge in [0.25, 0.3) is 0 Å². The van der Waals surface area contributed by atoms with Crippen LogP contribution in [0.15, 0.2) is 24.3 Å². The summed E-state index contributed by atoms with van der Waals surface area (Å²) >= 11 is 0. The van der Waals surface area contributed by atoms with Crippen LogP contribution in [0.1, 0.15) is 38.5 Å². The molecule has 6 rings (SSSR count). The molecule has 0 amide bonds. The molecule has 5 aliphatic rings. The van der Waals surface area contributed by atoms with E-state index in [-0.39, 0.29) is 11.8 Å². The minimum Gasteiger partial charge on any atom is -0.366 e. The minimum absolute atomic E-state index is 0.0643. The number of nitrogens with one attached hydrogen (secondary N) is 1. The van der Waals surface area contributed by atoms with Crippen LogP contribution in [-0.2, 0) is 4.74 Å². The predicted octanol–water partition coefficient (Wildman–Crippen LogP) is 2.90. The van der Waals surface area contributed by atoms with Crippen LogP contribution >= 0.6 is 0 Å². The topological polar surface area (TPSA) is 51.5 Å². The first-order valence-corrected chi connectivity index (χ1v) is 9.25. The van der Waals surface area contributed by atoms with E-state index >= 15 is 0 Å². The molecule has 1 aliphatic carbocycles. The van der Waals surface area contributed by atoms with Gasteiger partial charge in [-0.3, -0.25) is 4.90 Å². The molecule has 1 aromatic rings. The van der Waals surface area contributed by atoms with Crippen molar-refractivity contribution in [2.75, 3.05) is 23.4 Å². The largest absolute Gasteiger partial charge is 0.366 e. The Bertz CT molecular complexity index is 676. The second-order valence-corrected chi connectivity index (χ2v) is 7.56. The van der Waals surface area contributed by atoms with Crippen molar-refractivity contribution in [1.29, 1.82) is 5.26 Å².